The SMILES string of the molecule is COc1cccc(OC)c1OCc1ccc(-n2ccnc2)c(-c2ccncc2)c1. The Labute approximate surface area is 169 Å². The number of nitrogens with zero attached hydrogens (tertiary/aromatic N) is 3. The molecule has 4 rings (SSSR count). The van der Waals surface area contributed by atoms with Crippen LogP contribution < -0.4 is 14.2 Å². The number of ether oxygens (including phenoxy) is 3. The molecule has 2 aromatic carbocycles. The Balaban J connectivity index is 1.68. The highest BCUT2D eigenvalue weighted by molar-refractivity contribution is 5.73. The van der Waals surface area contributed by atoms with Gasteiger partial charge >= 0.3 is 0 Å². The summed E-state index contributed by atoms with van der Waals surface area (Å²) in [5, 5.41) is 0. The lowest BCUT2D eigenvalue weighted by molar-refractivity contribution is 0.266. The van der Waals surface area contributed by atoms with Crippen molar-refractivity contribution in [3.8, 4) is 34.1 Å². The van der Waals surface area contributed by atoms with Crippen LogP contribution in [0.25, 0.3) is 16.8 Å². The maximum Gasteiger partial charge on any atom is 0.203 e. The summed E-state index contributed by atoms with van der Waals surface area (Å²) in [4.78, 5) is 8.30. The molecule has 0 N–H and O–H groups in total. The van der Waals surface area contributed by atoms with Crippen LogP contribution in [0.3, 0.4) is 0 Å². The van der Waals surface area contributed by atoms with Crippen molar-refractivity contribution in [2.75, 3.05) is 14.2 Å². The summed E-state index contributed by atoms with van der Waals surface area (Å²) in [7, 11) is 3.23. The molecule has 0 saturated heterocycles. The minimum Gasteiger partial charge on any atom is -0.493 e. The lowest BCUT2D eigenvalue weighted by atomic mass is 10.0. The van der Waals surface area contributed by atoms with Gasteiger partial charge in [-0.05, 0) is 47.5 Å². The summed E-state index contributed by atoms with van der Waals surface area (Å²) in [6.07, 6.45) is 9.05. The van der Waals surface area contributed by atoms with Gasteiger partial charge in [-0.25, -0.2) is 4.98 Å². The summed E-state index contributed by atoms with van der Waals surface area (Å²) < 4.78 is 18.9. The van der Waals surface area contributed by atoms with Crippen molar-refractivity contribution < 1.29 is 14.2 Å². The number of hydrogen-bond acceptors (Lipinski definition) is 5. The first-order valence-corrected chi connectivity index (χ1v) is 9.15. The molecule has 0 bridgehead atoms. The van der Waals surface area contributed by atoms with Crippen LogP contribution >= 0.6 is 0 Å². The molecular weight excluding hydrogens is 366 g/mol. The zero-order valence-corrected chi connectivity index (χ0v) is 16.3. The third kappa shape index (κ3) is 3.91. The minimum atomic E-state index is 0.374. The second-order valence-electron chi connectivity index (χ2n) is 6.34. The molecule has 0 aliphatic heterocycles. The van der Waals surface area contributed by atoms with Gasteiger partial charge in [-0.1, -0.05) is 12.1 Å². The van der Waals surface area contributed by atoms with Crippen molar-refractivity contribution in [3.05, 3.63) is 85.2 Å². The number of hydrogen-bond donors (Lipinski definition) is 0. The van der Waals surface area contributed by atoms with Crippen molar-refractivity contribution in [3.63, 3.8) is 0 Å². The fourth-order valence-corrected chi connectivity index (χ4v) is 3.18. The van der Waals surface area contributed by atoms with E-state index < -0.39 is 0 Å². The lowest BCUT2D eigenvalue weighted by Gasteiger charge is -2.16. The van der Waals surface area contributed by atoms with E-state index in [1.807, 2.05) is 47.2 Å². The molecule has 2 aromatic heterocycles. The highest BCUT2D eigenvalue weighted by Crippen LogP contribution is 2.37. The predicted molar refractivity (Wildman–Crippen MR) is 111 cm³/mol. The molecule has 0 saturated carbocycles. The smallest absolute Gasteiger partial charge is 0.203 e. The van der Waals surface area contributed by atoms with Gasteiger partial charge in [0.1, 0.15) is 6.61 Å². The highest BCUT2D eigenvalue weighted by atomic mass is 16.5. The molecule has 0 spiro atoms. The molecule has 6 heteroatoms. The zero-order chi connectivity index (χ0) is 20.1. The second-order valence-corrected chi connectivity index (χ2v) is 6.34. The van der Waals surface area contributed by atoms with E-state index in [1.54, 1.807) is 39.1 Å². The van der Waals surface area contributed by atoms with E-state index in [-0.39, 0.29) is 0 Å². The van der Waals surface area contributed by atoms with Crippen LogP contribution in [0, 0.1) is 0 Å². The van der Waals surface area contributed by atoms with Crippen molar-refractivity contribution >= 4 is 0 Å². The van der Waals surface area contributed by atoms with Crippen LogP contribution in [-0.4, -0.2) is 28.8 Å². The van der Waals surface area contributed by atoms with E-state index in [0.717, 1.165) is 22.4 Å². The van der Waals surface area contributed by atoms with Crippen LogP contribution in [0.15, 0.2) is 79.6 Å². The Kier molecular flexibility index (Phi) is 5.42. The number of rotatable bonds is 7. The van der Waals surface area contributed by atoms with Gasteiger partial charge in [-0.3, -0.25) is 4.98 Å². The fraction of sp³-hybridized carbons (Fsp3) is 0.130. The Morgan fingerprint density at radius 1 is 0.862 bits per heavy atom. The van der Waals surface area contributed by atoms with Crippen LogP contribution in [0.1, 0.15) is 5.56 Å². The number of benzene rings is 2. The van der Waals surface area contributed by atoms with Crippen molar-refractivity contribution in [1.29, 1.82) is 0 Å². The van der Waals surface area contributed by atoms with Crippen LogP contribution in [0.4, 0.5) is 0 Å². The van der Waals surface area contributed by atoms with E-state index in [2.05, 4.69) is 22.1 Å². The van der Waals surface area contributed by atoms with Crippen LogP contribution in [0.5, 0.6) is 17.2 Å². The van der Waals surface area contributed by atoms with Gasteiger partial charge < -0.3 is 18.8 Å². The molecule has 0 atom stereocenters. The van der Waals surface area contributed by atoms with Crippen molar-refractivity contribution in [2.24, 2.45) is 0 Å². The maximum absolute atomic E-state index is 6.08. The molecule has 0 aliphatic carbocycles. The average molecular weight is 387 g/mol. The number of aromatic nitrogens is 3. The van der Waals surface area contributed by atoms with Gasteiger partial charge in [0, 0.05) is 30.4 Å². The van der Waals surface area contributed by atoms with Gasteiger partial charge in [0.2, 0.25) is 5.75 Å². The summed E-state index contributed by atoms with van der Waals surface area (Å²) in [5.74, 6) is 1.85. The summed E-state index contributed by atoms with van der Waals surface area (Å²) in [6.45, 7) is 0.374. The number of methoxy groups -OCH3 is 2. The normalized spacial score (nSPS) is 10.6. The van der Waals surface area contributed by atoms with E-state index in [1.165, 1.54) is 0 Å². The summed E-state index contributed by atoms with van der Waals surface area (Å²) >= 11 is 0. The van der Waals surface area contributed by atoms with Crippen LogP contribution in [0.2, 0.25) is 0 Å². The molecule has 0 radical (unpaired) electrons. The molecule has 4 aromatic rings. The topological polar surface area (TPSA) is 58.4 Å². The Morgan fingerprint density at radius 3 is 2.28 bits per heavy atom. The molecule has 0 fully saturated rings. The number of para-hydroxylation sites is 1. The van der Waals surface area contributed by atoms with Gasteiger partial charge in [0.25, 0.3) is 0 Å². The maximum atomic E-state index is 6.08. The monoisotopic (exact) mass is 387 g/mol. The number of pyridine rings is 1. The van der Waals surface area contributed by atoms with Gasteiger partial charge in [-0.15, -0.1) is 0 Å². The Bertz CT molecular complexity index is 1060. The summed E-state index contributed by atoms with van der Waals surface area (Å²) in [5.41, 5.74) is 4.19. The molecular formula is C23H21N3O3. The Morgan fingerprint density at radius 2 is 1.62 bits per heavy atom. The van der Waals surface area contributed by atoms with Gasteiger partial charge in [-0.2, -0.15) is 0 Å². The lowest BCUT2D eigenvalue weighted by Crippen LogP contribution is -2.02. The molecule has 0 unspecified atom stereocenters. The molecule has 146 valence electrons. The van der Waals surface area contributed by atoms with E-state index in [0.29, 0.717) is 23.9 Å². The molecule has 0 aliphatic rings. The molecule has 6 nitrogen and oxygen atoms in total. The standard InChI is InChI=1S/C23H21N3O3/c1-27-21-4-3-5-22(28-2)23(21)29-15-17-6-7-20(26-13-12-25-16-26)19(14-17)18-8-10-24-11-9-18/h3-14,16H,15H2,1-2H3. The average Bonchev–Trinajstić information content (AvgIpc) is 3.32. The van der Waals surface area contributed by atoms with Crippen molar-refractivity contribution in [2.45, 2.75) is 6.61 Å². The van der Waals surface area contributed by atoms with E-state index in [9.17, 15) is 0 Å². The zero-order valence-electron chi connectivity index (χ0n) is 16.3. The third-order valence-corrected chi connectivity index (χ3v) is 4.60. The fourth-order valence-electron chi connectivity index (χ4n) is 3.18. The largest absolute Gasteiger partial charge is 0.493 e. The van der Waals surface area contributed by atoms with E-state index >= 15 is 0 Å². The first-order valence-electron chi connectivity index (χ1n) is 9.15. The van der Waals surface area contributed by atoms with Crippen molar-refractivity contribution in [1.82, 2.24) is 14.5 Å². The highest BCUT2D eigenvalue weighted by Gasteiger charge is 2.13. The van der Waals surface area contributed by atoms with Gasteiger partial charge in [0.05, 0.1) is 26.2 Å². The Hall–Kier alpha value is -3.80. The minimum absolute atomic E-state index is 0.374. The first-order chi connectivity index (χ1) is 14.3. The number of imidazole rings is 1. The summed E-state index contributed by atoms with van der Waals surface area (Å²) in [6, 6.07) is 15.8. The quantitative estimate of drug-likeness (QED) is 0.466. The molecule has 29 heavy (non-hydrogen) atoms. The molecule has 2 heterocycles. The third-order valence-electron chi connectivity index (χ3n) is 4.60. The first kappa shape index (κ1) is 18.6. The van der Waals surface area contributed by atoms with Crippen LogP contribution in [-0.2, 0) is 6.61 Å². The second kappa shape index (κ2) is 8.48. The van der Waals surface area contributed by atoms with E-state index in [4.69, 9.17) is 14.2 Å². The predicted octanol–water partition coefficient (Wildman–Crippen LogP) is 4.53. The van der Waals surface area contributed by atoms with Gasteiger partial charge in [0.15, 0.2) is 11.5 Å². The molecule has 0 amide bonds.